The van der Waals surface area contributed by atoms with Crippen LogP contribution in [0.5, 0.6) is 0 Å². The molecule has 1 saturated heterocycles. The summed E-state index contributed by atoms with van der Waals surface area (Å²) in [6.07, 6.45) is 5.04. The first kappa shape index (κ1) is 19.2. The number of hydrogen-bond acceptors (Lipinski definition) is 7. The number of rotatable bonds is 6. The van der Waals surface area contributed by atoms with Crippen LogP contribution in [0.25, 0.3) is 11.7 Å². The Balaban J connectivity index is 1.50. The largest absolute Gasteiger partial charge is 0.351 e. The molecule has 0 bridgehead atoms. The van der Waals surface area contributed by atoms with Gasteiger partial charge in [-0.05, 0) is 37.1 Å². The molecule has 2 aliphatic rings. The Kier molecular flexibility index (Phi) is 4.66. The topological polar surface area (TPSA) is 125 Å². The van der Waals surface area contributed by atoms with Gasteiger partial charge in [-0.1, -0.05) is 11.6 Å². The van der Waals surface area contributed by atoms with Crippen LogP contribution < -0.4 is 21.3 Å². The number of nitrogens with one attached hydrogen (secondary N) is 4. The van der Waals surface area contributed by atoms with Crippen LogP contribution in [-0.2, 0) is 11.3 Å². The van der Waals surface area contributed by atoms with Gasteiger partial charge in [0.1, 0.15) is 11.5 Å². The number of halogens is 2. The van der Waals surface area contributed by atoms with E-state index in [0.717, 1.165) is 12.8 Å². The standard InChI is InChI=1S/C19H16ClFN8O2/c20-11-1-4-13(21)9(5-11)7-22-17-26-15-10(6-14-16(30)27-19(31)25-14)8-23-29(15)18(28-17)24-12-2-3-12/h1,4-6,8,12H,2-3,7H2,(H2,22,24,26,28)(H2,25,27,30,31)/b14-6-. The summed E-state index contributed by atoms with van der Waals surface area (Å²) in [6.45, 7) is 0.120. The van der Waals surface area contributed by atoms with Crippen LogP contribution in [-0.4, -0.2) is 37.6 Å². The zero-order valence-corrected chi connectivity index (χ0v) is 16.7. The molecule has 3 aromatic rings. The molecule has 10 nitrogen and oxygen atoms in total. The van der Waals surface area contributed by atoms with Gasteiger partial charge in [0.25, 0.3) is 5.91 Å². The highest BCUT2D eigenvalue weighted by atomic mass is 35.5. The van der Waals surface area contributed by atoms with Crippen LogP contribution in [0.4, 0.5) is 21.1 Å². The third kappa shape index (κ3) is 3.99. The van der Waals surface area contributed by atoms with E-state index in [1.54, 1.807) is 0 Å². The van der Waals surface area contributed by atoms with E-state index in [-0.39, 0.29) is 18.2 Å². The number of urea groups is 1. The second-order valence-electron chi connectivity index (χ2n) is 7.18. The fraction of sp³-hybridized carbons (Fsp3) is 0.211. The third-order valence-electron chi connectivity index (χ3n) is 4.77. The van der Waals surface area contributed by atoms with Gasteiger partial charge in [0, 0.05) is 28.7 Å². The summed E-state index contributed by atoms with van der Waals surface area (Å²) < 4.78 is 15.6. The molecule has 0 atom stereocenters. The Hall–Kier alpha value is -3.73. The zero-order valence-electron chi connectivity index (χ0n) is 15.9. The number of hydrogen-bond donors (Lipinski definition) is 4. The van der Waals surface area contributed by atoms with Gasteiger partial charge in [-0.15, -0.1) is 0 Å². The summed E-state index contributed by atoms with van der Waals surface area (Å²) in [5.41, 5.74) is 1.37. The maximum absolute atomic E-state index is 14.0. The lowest BCUT2D eigenvalue weighted by Crippen LogP contribution is -2.22. The lowest BCUT2D eigenvalue weighted by atomic mass is 10.2. The molecule has 4 N–H and O–H groups in total. The van der Waals surface area contributed by atoms with Crippen molar-refractivity contribution >= 4 is 47.2 Å². The van der Waals surface area contributed by atoms with Gasteiger partial charge in [-0.2, -0.15) is 19.6 Å². The highest BCUT2D eigenvalue weighted by Crippen LogP contribution is 2.26. The van der Waals surface area contributed by atoms with E-state index in [1.165, 1.54) is 35.0 Å². The quantitative estimate of drug-likeness (QED) is 0.341. The van der Waals surface area contributed by atoms with Crippen molar-refractivity contribution in [1.29, 1.82) is 0 Å². The summed E-state index contributed by atoms with van der Waals surface area (Å²) in [5, 5.41) is 15.6. The SMILES string of the molecule is O=C1NC(=O)/C(=C/c2cnn3c(NC4CC4)nc(NCc4cc(Cl)ccc4F)nc23)N1. The number of benzene rings is 1. The van der Waals surface area contributed by atoms with Crippen molar-refractivity contribution in [2.75, 3.05) is 10.6 Å². The van der Waals surface area contributed by atoms with E-state index >= 15 is 0 Å². The highest BCUT2D eigenvalue weighted by molar-refractivity contribution is 6.30. The van der Waals surface area contributed by atoms with Gasteiger partial charge in [0.15, 0.2) is 5.65 Å². The Bertz CT molecular complexity index is 1250. The minimum atomic E-state index is -0.593. The number of fused-ring (bicyclic) bond motifs is 1. The van der Waals surface area contributed by atoms with Gasteiger partial charge in [0.05, 0.1) is 6.20 Å². The minimum Gasteiger partial charge on any atom is -0.351 e. The van der Waals surface area contributed by atoms with Crippen molar-refractivity contribution in [3.63, 3.8) is 0 Å². The molecule has 1 aliphatic heterocycles. The molecule has 31 heavy (non-hydrogen) atoms. The molecular weight excluding hydrogens is 427 g/mol. The van der Waals surface area contributed by atoms with E-state index in [9.17, 15) is 14.0 Å². The van der Waals surface area contributed by atoms with Gasteiger partial charge in [0.2, 0.25) is 11.9 Å². The number of anilines is 2. The average molecular weight is 443 g/mol. The maximum Gasteiger partial charge on any atom is 0.326 e. The van der Waals surface area contributed by atoms with Crippen LogP contribution >= 0.6 is 11.6 Å². The molecule has 3 heterocycles. The molecule has 2 aromatic heterocycles. The third-order valence-corrected chi connectivity index (χ3v) is 5.01. The van der Waals surface area contributed by atoms with E-state index < -0.39 is 17.8 Å². The Morgan fingerprint density at radius 2 is 2.10 bits per heavy atom. The molecule has 1 saturated carbocycles. The molecule has 1 aliphatic carbocycles. The fourth-order valence-corrected chi connectivity index (χ4v) is 3.26. The van der Waals surface area contributed by atoms with Gasteiger partial charge >= 0.3 is 6.03 Å². The fourth-order valence-electron chi connectivity index (χ4n) is 3.07. The van der Waals surface area contributed by atoms with E-state index in [4.69, 9.17) is 11.6 Å². The minimum absolute atomic E-state index is 0.0886. The van der Waals surface area contributed by atoms with Crippen LogP contribution in [0.3, 0.4) is 0 Å². The molecule has 3 amide bonds. The first-order chi connectivity index (χ1) is 15.0. The predicted molar refractivity (Wildman–Crippen MR) is 111 cm³/mol. The smallest absolute Gasteiger partial charge is 0.326 e. The molecule has 158 valence electrons. The van der Waals surface area contributed by atoms with E-state index in [2.05, 4.69) is 36.3 Å². The van der Waals surface area contributed by atoms with Crippen molar-refractivity contribution < 1.29 is 14.0 Å². The maximum atomic E-state index is 14.0. The number of imide groups is 1. The molecule has 12 heteroatoms. The molecule has 0 spiro atoms. The first-order valence-electron chi connectivity index (χ1n) is 9.50. The Morgan fingerprint density at radius 1 is 1.26 bits per heavy atom. The molecule has 0 radical (unpaired) electrons. The van der Waals surface area contributed by atoms with Crippen LogP contribution in [0.2, 0.25) is 5.02 Å². The molecule has 1 aromatic carbocycles. The van der Waals surface area contributed by atoms with Gasteiger partial charge < -0.3 is 16.0 Å². The zero-order chi connectivity index (χ0) is 21.5. The molecule has 0 unspecified atom stereocenters. The lowest BCUT2D eigenvalue weighted by molar-refractivity contribution is -0.115. The summed E-state index contributed by atoms with van der Waals surface area (Å²) in [5.74, 6) is -0.224. The highest BCUT2D eigenvalue weighted by Gasteiger charge is 2.26. The number of carbonyl (C=O) groups excluding carboxylic acids is 2. The van der Waals surface area contributed by atoms with Crippen molar-refractivity contribution in [1.82, 2.24) is 30.2 Å². The van der Waals surface area contributed by atoms with Crippen molar-refractivity contribution in [2.45, 2.75) is 25.4 Å². The second kappa shape index (κ2) is 7.51. The van der Waals surface area contributed by atoms with Crippen molar-refractivity contribution in [3.8, 4) is 0 Å². The number of aromatic nitrogens is 4. The number of nitrogens with zero attached hydrogens (tertiary/aromatic N) is 4. The molecule has 5 rings (SSSR count). The second-order valence-corrected chi connectivity index (χ2v) is 7.62. The van der Waals surface area contributed by atoms with Crippen LogP contribution in [0.15, 0.2) is 30.1 Å². The summed E-state index contributed by atoms with van der Waals surface area (Å²) in [6, 6.07) is 4.00. The van der Waals surface area contributed by atoms with Gasteiger partial charge in [-0.3, -0.25) is 10.1 Å². The summed E-state index contributed by atoms with van der Waals surface area (Å²) >= 11 is 5.96. The molecule has 2 fully saturated rings. The Morgan fingerprint density at radius 3 is 2.84 bits per heavy atom. The predicted octanol–water partition coefficient (Wildman–Crippen LogP) is 2.28. The van der Waals surface area contributed by atoms with Crippen LogP contribution in [0.1, 0.15) is 24.0 Å². The van der Waals surface area contributed by atoms with E-state index in [1.807, 2.05) is 0 Å². The number of carbonyl (C=O) groups is 2. The number of amides is 3. The summed E-state index contributed by atoms with van der Waals surface area (Å²) in [7, 11) is 0. The Labute approximate surface area is 179 Å². The lowest BCUT2D eigenvalue weighted by Gasteiger charge is -2.11. The van der Waals surface area contributed by atoms with Gasteiger partial charge in [-0.25, -0.2) is 9.18 Å². The monoisotopic (exact) mass is 442 g/mol. The first-order valence-corrected chi connectivity index (χ1v) is 9.88. The van der Waals surface area contributed by atoms with Crippen molar-refractivity contribution in [2.24, 2.45) is 0 Å². The van der Waals surface area contributed by atoms with Crippen LogP contribution in [0, 0.1) is 5.82 Å². The molecular formula is C19H16ClFN8O2. The average Bonchev–Trinajstić information content (AvgIpc) is 3.37. The summed E-state index contributed by atoms with van der Waals surface area (Å²) in [4.78, 5) is 32.2. The normalized spacial score (nSPS) is 17.2. The van der Waals surface area contributed by atoms with Crippen molar-refractivity contribution in [3.05, 3.63) is 52.1 Å². The van der Waals surface area contributed by atoms with E-state index in [0.29, 0.717) is 33.8 Å².